The van der Waals surface area contributed by atoms with E-state index in [0.717, 1.165) is 76.1 Å². The number of ether oxygens (including phenoxy) is 2. The van der Waals surface area contributed by atoms with E-state index in [2.05, 4.69) is 63.1 Å². The second kappa shape index (κ2) is 17.3. The van der Waals surface area contributed by atoms with Crippen molar-refractivity contribution in [2.24, 2.45) is 11.8 Å². The molecule has 14 nitrogen and oxygen atoms in total. The first-order valence-corrected chi connectivity index (χ1v) is 19.9. The summed E-state index contributed by atoms with van der Waals surface area (Å²) in [6.07, 6.45) is 8.21. The van der Waals surface area contributed by atoms with E-state index in [1.54, 1.807) is 19.5 Å². The Balaban J connectivity index is 1.09. The largest absolute Gasteiger partial charge is 0.453 e. The molecule has 3 aromatic heterocycles. The van der Waals surface area contributed by atoms with Gasteiger partial charge in [-0.1, -0.05) is 64.1 Å². The number of aromatic amines is 2. The second-order valence-corrected chi connectivity index (χ2v) is 15.6. The van der Waals surface area contributed by atoms with Crippen molar-refractivity contribution in [2.45, 2.75) is 77.5 Å². The van der Waals surface area contributed by atoms with Crippen LogP contribution in [0.5, 0.6) is 0 Å². The summed E-state index contributed by atoms with van der Waals surface area (Å²) in [7, 11) is 2.91. The number of carbonyl (C=O) groups excluding carboxylic acids is 3. The van der Waals surface area contributed by atoms with E-state index in [1.165, 1.54) is 7.11 Å². The van der Waals surface area contributed by atoms with E-state index in [0.29, 0.717) is 25.6 Å². The fourth-order valence-electron chi connectivity index (χ4n) is 8.23. The van der Waals surface area contributed by atoms with Crippen molar-refractivity contribution < 1.29 is 23.9 Å². The van der Waals surface area contributed by atoms with Crippen LogP contribution in [-0.2, 0) is 19.1 Å². The monoisotopic (exact) mass is 775 g/mol. The van der Waals surface area contributed by atoms with Crippen LogP contribution in [0.4, 0.5) is 4.79 Å². The average molecular weight is 776 g/mol. The highest BCUT2D eigenvalue weighted by Crippen LogP contribution is 2.38. The number of pyridine rings is 1. The van der Waals surface area contributed by atoms with Gasteiger partial charge in [-0.05, 0) is 66.3 Å². The zero-order valence-electron chi connectivity index (χ0n) is 33.5. The van der Waals surface area contributed by atoms with Crippen molar-refractivity contribution >= 4 is 28.8 Å². The average Bonchev–Trinajstić information content (AvgIpc) is 4.06. The van der Waals surface area contributed by atoms with Crippen LogP contribution in [0.25, 0.3) is 44.5 Å². The van der Waals surface area contributed by atoms with Gasteiger partial charge in [0.25, 0.3) is 0 Å². The number of aromatic nitrogens is 5. The molecule has 4 unspecified atom stereocenters. The topological polar surface area (TPSA) is 170 Å². The predicted molar refractivity (Wildman–Crippen MR) is 218 cm³/mol. The number of fused-ring (bicyclic) bond motifs is 1. The number of carbonyl (C=O) groups is 3. The molecule has 0 bridgehead atoms. The molecule has 4 N–H and O–H groups in total. The summed E-state index contributed by atoms with van der Waals surface area (Å²) in [5.74, 6) is 1.43. The van der Waals surface area contributed by atoms with E-state index in [-0.39, 0.29) is 41.8 Å². The fourth-order valence-corrected chi connectivity index (χ4v) is 8.23. The molecule has 2 aromatic carbocycles. The zero-order chi connectivity index (χ0) is 40.2. The smallest absolute Gasteiger partial charge is 0.407 e. The van der Waals surface area contributed by atoms with Gasteiger partial charge in [0, 0.05) is 37.3 Å². The summed E-state index contributed by atoms with van der Waals surface area (Å²) in [6.45, 7) is 9.50. The normalized spacial score (nSPS) is 18.1. The number of nitrogens with zero attached hydrogens (tertiary/aromatic N) is 5. The van der Waals surface area contributed by atoms with E-state index < -0.39 is 12.1 Å². The summed E-state index contributed by atoms with van der Waals surface area (Å²) in [5, 5.41) is 6.95. The molecule has 4 atom stereocenters. The molecule has 7 rings (SSSR count). The van der Waals surface area contributed by atoms with Crippen LogP contribution in [0.15, 0.2) is 67.1 Å². The molecular formula is C43H53N9O5. The number of hydrogen-bond acceptors (Lipinski definition) is 9. The Morgan fingerprint density at radius 3 is 1.95 bits per heavy atom. The van der Waals surface area contributed by atoms with Gasteiger partial charge in [0.2, 0.25) is 11.8 Å². The highest BCUT2D eigenvalue weighted by atomic mass is 16.5. The molecule has 5 heterocycles. The van der Waals surface area contributed by atoms with Gasteiger partial charge in [-0.3, -0.25) is 19.9 Å². The molecule has 2 saturated heterocycles. The Morgan fingerprint density at radius 2 is 1.33 bits per heavy atom. The summed E-state index contributed by atoms with van der Waals surface area (Å²) < 4.78 is 9.98. The minimum atomic E-state index is -0.702. The summed E-state index contributed by atoms with van der Waals surface area (Å²) in [5.41, 5.74) is 6.54. The van der Waals surface area contributed by atoms with Crippen LogP contribution in [0.3, 0.4) is 0 Å². The highest BCUT2D eigenvalue weighted by Gasteiger charge is 2.38. The molecule has 0 aliphatic carbocycles. The number of methoxy groups -OCH3 is 2. The number of likely N-dealkylation sites (tertiary alicyclic amines) is 2. The number of amides is 3. The van der Waals surface area contributed by atoms with Crippen molar-refractivity contribution in [3.05, 3.63) is 78.8 Å². The van der Waals surface area contributed by atoms with Crippen molar-refractivity contribution in [1.29, 1.82) is 0 Å². The maximum atomic E-state index is 13.7. The molecule has 14 heteroatoms. The molecule has 2 fully saturated rings. The molecule has 300 valence electrons. The lowest BCUT2D eigenvalue weighted by Gasteiger charge is -2.30. The van der Waals surface area contributed by atoms with Gasteiger partial charge in [0.05, 0.1) is 61.3 Å². The Labute approximate surface area is 333 Å². The minimum absolute atomic E-state index is 0.0751. The first-order valence-electron chi connectivity index (χ1n) is 19.9. The van der Waals surface area contributed by atoms with Crippen LogP contribution in [-0.4, -0.2) is 98.8 Å². The lowest BCUT2D eigenvalue weighted by Crippen LogP contribution is -2.51. The second-order valence-electron chi connectivity index (χ2n) is 15.6. The summed E-state index contributed by atoms with van der Waals surface area (Å²) >= 11 is 0. The van der Waals surface area contributed by atoms with Crippen LogP contribution >= 0.6 is 0 Å². The molecule has 2 aliphatic rings. The fraction of sp³-hybridized carbons (Fsp3) is 0.442. The SMILES string of the molecule is COCNC(C(=O)N1CCCC1c1ncc(-c2ccc(-c3ccc(-c4cnc(C5CCCN5C(=O)C(NC(=O)OC)C(C)C)[nH]4)c4ncccc34)cc2)[nH]1)C(C)C. The minimum Gasteiger partial charge on any atom is -0.453 e. The molecule has 0 spiro atoms. The van der Waals surface area contributed by atoms with Crippen molar-refractivity contribution in [2.75, 3.05) is 34.0 Å². The zero-order valence-corrected chi connectivity index (χ0v) is 33.5. The number of nitrogens with one attached hydrogen (secondary N) is 4. The van der Waals surface area contributed by atoms with Crippen LogP contribution in [0.2, 0.25) is 0 Å². The van der Waals surface area contributed by atoms with E-state index in [1.807, 2.05) is 49.8 Å². The van der Waals surface area contributed by atoms with Gasteiger partial charge < -0.3 is 34.6 Å². The molecule has 3 amide bonds. The first-order chi connectivity index (χ1) is 27.6. The van der Waals surface area contributed by atoms with Crippen molar-refractivity contribution in [1.82, 2.24) is 45.4 Å². The number of hydrogen-bond donors (Lipinski definition) is 4. The van der Waals surface area contributed by atoms with Gasteiger partial charge in [0.1, 0.15) is 17.7 Å². The van der Waals surface area contributed by atoms with Crippen molar-refractivity contribution in [3.63, 3.8) is 0 Å². The van der Waals surface area contributed by atoms with Gasteiger partial charge in [-0.15, -0.1) is 0 Å². The van der Waals surface area contributed by atoms with Crippen LogP contribution in [0.1, 0.15) is 77.1 Å². The third-order valence-corrected chi connectivity index (χ3v) is 11.2. The maximum Gasteiger partial charge on any atom is 0.407 e. The molecular weight excluding hydrogens is 723 g/mol. The predicted octanol–water partition coefficient (Wildman–Crippen LogP) is 6.61. The standard InChI is InChI=1S/C43H53N9O5/c1-25(2)36(47-24-56-5)41(53)51-20-8-11-34(51)39-45-22-32(48-39)28-15-13-27(14-16-28)29-17-18-31(38-30(29)10-7-19-44-38)33-23-46-40(49-33)35-12-9-21-52(35)42(54)37(26(3)4)50-43(55)57-6/h7,10,13-19,22-23,25-26,34-37,47H,8-9,11-12,20-21,24H2,1-6H3,(H,45,48)(H,46,49)(H,50,55). The third kappa shape index (κ3) is 8.14. The Bertz CT molecular complexity index is 2200. The van der Waals surface area contributed by atoms with E-state index in [9.17, 15) is 14.4 Å². The van der Waals surface area contributed by atoms with Gasteiger partial charge in [0.15, 0.2) is 0 Å². The van der Waals surface area contributed by atoms with Crippen molar-refractivity contribution in [3.8, 4) is 33.6 Å². The number of benzene rings is 2. The Morgan fingerprint density at radius 1 is 0.754 bits per heavy atom. The number of imidazole rings is 2. The van der Waals surface area contributed by atoms with Gasteiger partial charge in [-0.2, -0.15) is 0 Å². The Hall–Kier alpha value is -5.60. The quantitative estimate of drug-likeness (QED) is 0.0962. The van der Waals surface area contributed by atoms with Gasteiger partial charge >= 0.3 is 6.09 Å². The molecule has 2 aliphatic heterocycles. The molecule has 57 heavy (non-hydrogen) atoms. The molecule has 0 saturated carbocycles. The van der Waals surface area contributed by atoms with Gasteiger partial charge in [-0.25, -0.2) is 14.8 Å². The Kier molecular flexibility index (Phi) is 12.0. The molecule has 5 aromatic rings. The number of alkyl carbamates (subject to hydrolysis) is 1. The number of H-pyrrole nitrogens is 2. The van der Waals surface area contributed by atoms with Crippen LogP contribution < -0.4 is 10.6 Å². The number of rotatable bonds is 13. The van der Waals surface area contributed by atoms with Crippen LogP contribution in [0, 0.1) is 11.8 Å². The maximum absolute atomic E-state index is 13.7. The lowest BCUT2D eigenvalue weighted by molar-refractivity contribution is -0.136. The first kappa shape index (κ1) is 39.6. The molecule has 0 radical (unpaired) electrons. The highest BCUT2D eigenvalue weighted by molar-refractivity contribution is 6.02. The summed E-state index contributed by atoms with van der Waals surface area (Å²) in [4.78, 5) is 64.4. The van der Waals surface area contributed by atoms with E-state index in [4.69, 9.17) is 24.4 Å². The van der Waals surface area contributed by atoms with E-state index >= 15 is 0 Å². The third-order valence-electron chi connectivity index (χ3n) is 11.2. The summed E-state index contributed by atoms with van der Waals surface area (Å²) in [6, 6.07) is 15.2. The lowest BCUT2D eigenvalue weighted by atomic mass is 9.96.